The first-order valence-corrected chi connectivity index (χ1v) is 10.5. The number of carbonyl (C=O) groups is 2. The fourth-order valence-corrected chi connectivity index (χ4v) is 3.27. The number of furan rings is 1. The predicted octanol–water partition coefficient (Wildman–Crippen LogP) is 2.92. The number of carbonyl (C=O) groups excluding carboxylic acids is 2. The fourth-order valence-electron chi connectivity index (χ4n) is 3.27. The van der Waals surface area contributed by atoms with Crippen LogP contribution in [0.25, 0.3) is 0 Å². The number of hydrogen-bond acceptors (Lipinski definition) is 5. The van der Waals surface area contributed by atoms with Crippen molar-refractivity contribution in [1.82, 2.24) is 20.4 Å². The van der Waals surface area contributed by atoms with Crippen molar-refractivity contribution in [3.8, 4) is 0 Å². The van der Waals surface area contributed by atoms with Gasteiger partial charge in [0.05, 0.1) is 6.26 Å². The molecule has 10 heteroatoms. The smallest absolute Gasteiger partial charge is 0.407 e. The van der Waals surface area contributed by atoms with E-state index in [2.05, 4.69) is 27.4 Å². The molecule has 0 saturated carbocycles. The highest BCUT2D eigenvalue weighted by Crippen LogP contribution is 2.10. The van der Waals surface area contributed by atoms with Crippen molar-refractivity contribution < 1.29 is 18.7 Å². The van der Waals surface area contributed by atoms with E-state index in [9.17, 15) is 9.59 Å². The molecule has 0 aliphatic carbocycles. The zero-order valence-electron chi connectivity index (χ0n) is 19.1. The van der Waals surface area contributed by atoms with Gasteiger partial charge in [0.25, 0.3) is 5.91 Å². The summed E-state index contributed by atoms with van der Waals surface area (Å²) in [5, 5.41) is 6.28. The Hall–Kier alpha value is -1.98. The van der Waals surface area contributed by atoms with E-state index in [-0.39, 0.29) is 35.9 Å². The van der Waals surface area contributed by atoms with E-state index in [1.54, 1.807) is 24.1 Å². The molecule has 31 heavy (non-hydrogen) atoms. The molecule has 0 aromatic carbocycles. The number of aliphatic imine (C=N–C) groups is 1. The first kappa shape index (κ1) is 27.1. The second-order valence-electron chi connectivity index (χ2n) is 8.32. The Morgan fingerprint density at radius 1 is 1.23 bits per heavy atom. The number of nitrogens with one attached hydrogen (secondary N) is 2. The van der Waals surface area contributed by atoms with Crippen LogP contribution >= 0.6 is 24.0 Å². The molecule has 1 aromatic heterocycles. The van der Waals surface area contributed by atoms with Crippen molar-refractivity contribution in [3.63, 3.8) is 0 Å². The number of nitrogens with zero attached hydrogens (tertiary/aromatic N) is 3. The van der Waals surface area contributed by atoms with E-state index in [0.717, 1.165) is 18.8 Å². The van der Waals surface area contributed by atoms with Gasteiger partial charge in [0.15, 0.2) is 11.7 Å². The maximum absolute atomic E-state index is 12.4. The summed E-state index contributed by atoms with van der Waals surface area (Å²) < 4.78 is 10.6. The van der Waals surface area contributed by atoms with E-state index in [1.807, 2.05) is 20.8 Å². The standard InChI is InChI=1S/C21H35N5O4.HI/c1-6-8-16(24-20(28)30-21(2,3)4)15-23-19(22-5)26-12-10-25(11-13-26)18(27)17-9-7-14-29-17;/h7,9,14,16H,6,8,10-13,15H2,1-5H3,(H,22,23)(H,24,28);1H. The number of halogens is 1. The topological polar surface area (TPSA) is 99.4 Å². The van der Waals surface area contributed by atoms with E-state index >= 15 is 0 Å². The van der Waals surface area contributed by atoms with E-state index in [1.165, 1.54) is 6.26 Å². The normalized spacial score (nSPS) is 15.7. The van der Waals surface area contributed by atoms with Gasteiger partial charge in [0.2, 0.25) is 0 Å². The fraction of sp³-hybridized carbons (Fsp3) is 0.667. The summed E-state index contributed by atoms with van der Waals surface area (Å²) in [5.74, 6) is 1.03. The average molecular weight is 549 g/mol. The van der Waals surface area contributed by atoms with E-state index in [4.69, 9.17) is 9.15 Å². The summed E-state index contributed by atoms with van der Waals surface area (Å²) in [5.41, 5.74) is -0.531. The summed E-state index contributed by atoms with van der Waals surface area (Å²) in [6, 6.07) is 3.33. The Labute approximate surface area is 202 Å². The molecule has 0 bridgehead atoms. The van der Waals surface area contributed by atoms with Crippen LogP contribution < -0.4 is 10.6 Å². The van der Waals surface area contributed by atoms with Gasteiger partial charge in [-0.1, -0.05) is 13.3 Å². The van der Waals surface area contributed by atoms with E-state index in [0.29, 0.717) is 38.5 Å². The number of amides is 2. The number of alkyl carbamates (subject to hydrolysis) is 1. The first-order valence-electron chi connectivity index (χ1n) is 10.5. The van der Waals surface area contributed by atoms with Gasteiger partial charge >= 0.3 is 6.09 Å². The molecule has 1 fully saturated rings. The van der Waals surface area contributed by atoms with Crippen molar-refractivity contribution in [2.45, 2.75) is 52.2 Å². The molecule has 1 unspecified atom stereocenters. The molecule has 1 atom stereocenters. The molecule has 0 radical (unpaired) electrons. The highest BCUT2D eigenvalue weighted by Gasteiger charge is 2.26. The number of rotatable bonds is 6. The molecule has 2 heterocycles. The minimum atomic E-state index is -0.531. The van der Waals surface area contributed by atoms with Gasteiger partial charge in [0.1, 0.15) is 5.60 Å². The molecule has 2 N–H and O–H groups in total. The Balaban J connectivity index is 0.00000480. The van der Waals surface area contributed by atoms with Gasteiger partial charge in [-0.2, -0.15) is 0 Å². The van der Waals surface area contributed by atoms with Crippen molar-refractivity contribution in [1.29, 1.82) is 0 Å². The second-order valence-corrected chi connectivity index (χ2v) is 8.32. The van der Waals surface area contributed by atoms with Gasteiger partial charge in [-0.3, -0.25) is 9.79 Å². The Bertz CT molecular complexity index is 710. The summed E-state index contributed by atoms with van der Waals surface area (Å²) >= 11 is 0. The number of ether oxygens (including phenoxy) is 1. The second kappa shape index (κ2) is 12.8. The first-order chi connectivity index (χ1) is 14.2. The lowest BCUT2D eigenvalue weighted by molar-refractivity contribution is 0.0502. The zero-order chi connectivity index (χ0) is 22.1. The third kappa shape index (κ3) is 8.96. The Morgan fingerprint density at radius 2 is 1.87 bits per heavy atom. The zero-order valence-corrected chi connectivity index (χ0v) is 21.5. The Kier molecular flexibility index (Phi) is 11.1. The number of piperazine rings is 1. The van der Waals surface area contributed by atoms with Crippen LogP contribution in [-0.2, 0) is 4.74 Å². The van der Waals surface area contributed by atoms with Crippen molar-refractivity contribution in [2.75, 3.05) is 39.8 Å². The summed E-state index contributed by atoms with van der Waals surface area (Å²) in [6.45, 7) is 10.7. The SMILES string of the molecule is CCCC(CNC(=NC)N1CCN(C(=O)c2ccco2)CC1)NC(=O)OC(C)(C)C.I. The number of hydrogen-bond donors (Lipinski definition) is 2. The average Bonchev–Trinajstić information content (AvgIpc) is 3.21. The minimum absolute atomic E-state index is 0. The quantitative estimate of drug-likeness (QED) is 0.322. The molecule has 2 rings (SSSR count). The molecule has 0 spiro atoms. The lowest BCUT2D eigenvalue weighted by Crippen LogP contribution is -2.55. The summed E-state index contributed by atoms with van der Waals surface area (Å²) in [6.07, 6.45) is 2.86. The van der Waals surface area contributed by atoms with E-state index < -0.39 is 11.7 Å². The molecule has 9 nitrogen and oxygen atoms in total. The van der Waals surface area contributed by atoms with Crippen molar-refractivity contribution >= 4 is 41.9 Å². The molecule has 176 valence electrons. The largest absolute Gasteiger partial charge is 0.459 e. The van der Waals surface area contributed by atoms with Gasteiger partial charge in [-0.15, -0.1) is 24.0 Å². The molecule has 1 aliphatic heterocycles. The maximum Gasteiger partial charge on any atom is 0.407 e. The van der Waals surface area contributed by atoms with Gasteiger partial charge in [-0.25, -0.2) is 4.79 Å². The summed E-state index contributed by atoms with van der Waals surface area (Å²) in [4.78, 5) is 32.8. The Morgan fingerprint density at radius 3 is 2.39 bits per heavy atom. The van der Waals surface area contributed by atoms with Crippen LogP contribution in [0.1, 0.15) is 51.1 Å². The van der Waals surface area contributed by atoms with Crippen LogP contribution in [0.2, 0.25) is 0 Å². The maximum atomic E-state index is 12.4. The van der Waals surface area contributed by atoms with Crippen LogP contribution in [-0.4, -0.2) is 79.2 Å². The molecule has 1 aliphatic rings. The molecule has 2 amide bonds. The van der Waals surface area contributed by atoms with Crippen LogP contribution in [0.4, 0.5) is 4.79 Å². The van der Waals surface area contributed by atoms with Gasteiger partial charge in [-0.05, 0) is 39.3 Å². The highest BCUT2D eigenvalue weighted by atomic mass is 127. The van der Waals surface area contributed by atoms with Crippen LogP contribution in [0.3, 0.4) is 0 Å². The molecular formula is C21H36IN5O4. The van der Waals surface area contributed by atoms with Gasteiger partial charge in [0, 0.05) is 45.8 Å². The van der Waals surface area contributed by atoms with Crippen LogP contribution in [0.5, 0.6) is 0 Å². The molecular weight excluding hydrogens is 513 g/mol. The molecule has 1 aromatic rings. The number of guanidine groups is 1. The minimum Gasteiger partial charge on any atom is -0.459 e. The van der Waals surface area contributed by atoms with Gasteiger partial charge < -0.3 is 29.6 Å². The third-order valence-electron chi connectivity index (χ3n) is 4.67. The van der Waals surface area contributed by atoms with Crippen molar-refractivity contribution in [2.24, 2.45) is 4.99 Å². The van der Waals surface area contributed by atoms with Crippen molar-refractivity contribution in [3.05, 3.63) is 24.2 Å². The van der Waals surface area contributed by atoms with Crippen LogP contribution in [0, 0.1) is 0 Å². The lowest BCUT2D eigenvalue weighted by atomic mass is 10.1. The highest BCUT2D eigenvalue weighted by molar-refractivity contribution is 14.0. The van der Waals surface area contributed by atoms with Crippen LogP contribution in [0.15, 0.2) is 27.8 Å². The summed E-state index contributed by atoms with van der Waals surface area (Å²) in [7, 11) is 1.73. The third-order valence-corrected chi connectivity index (χ3v) is 4.67. The lowest BCUT2D eigenvalue weighted by Gasteiger charge is -2.36. The molecule has 1 saturated heterocycles. The monoisotopic (exact) mass is 549 g/mol. The predicted molar refractivity (Wildman–Crippen MR) is 131 cm³/mol.